The van der Waals surface area contributed by atoms with Gasteiger partial charge in [0, 0.05) is 12.1 Å². The molecular formula is C23H40N3O2S+. The van der Waals surface area contributed by atoms with E-state index in [2.05, 4.69) is 43.1 Å². The molecule has 1 atom stereocenters. The summed E-state index contributed by atoms with van der Waals surface area (Å²) in [5.74, 6) is 2.34. The summed E-state index contributed by atoms with van der Waals surface area (Å²) in [5, 5.41) is 4.46. The molecule has 1 aromatic rings. The van der Waals surface area contributed by atoms with Crippen LogP contribution in [0.15, 0.2) is 12.1 Å². The Kier molecular flexibility index (Phi) is 10.0. The number of unbranched alkanes of at least 4 members (excludes halogenated alkanes) is 1. The molecular weight excluding hydrogens is 382 g/mol. The predicted octanol–water partition coefficient (Wildman–Crippen LogP) is 2.80. The van der Waals surface area contributed by atoms with E-state index in [-0.39, 0.29) is 0 Å². The molecule has 1 saturated heterocycles. The highest BCUT2D eigenvalue weighted by molar-refractivity contribution is 7.80. The first-order valence-electron chi connectivity index (χ1n) is 11.1. The van der Waals surface area contributed by atoms with Crippen LogP contribution in [0.5, 0.6) is 11.5 Å². The van der Waals surface area contributed by atoms with Gasteiger partial charge in [-0.15, -0.1) is 0 Å². The van der Waals surface area contributed by atoms with Crippen LogP contribution in [-0.4, -0.2) is 57.0 Å². The number of aryl methyl sites for hydroxylation is 1. The molecule has 2 rings (SSSR count). The minimum atomic E-state index is 0.729. The van der Waals surface area contributed by atoms with Gasteiger partial charge in [-0.3, -0.25) is 0 Å². The van der Waals surface area contributed by atoms with Gasteiger partial charge in [-0.1, -0.05) is 33.1 Å². The number of hydrogen-bond donors (Lipinski definition) is 2. The number of methoxy groups -OCH3 is 2. The quantitative estimate of drug-likeness (QED) is 0.567. The number of nitrogens with zero attached hydrogens (tertiary/aromatic N) is 1. The topological polar surface area (TPSA) is 38.2 Å². The lowest BCUT2D eigenvalue weighted by atomic mass is 9.99. The molecule has 2 N–H and O–H groups in total. The number of rotatable bonds is 10. The van der Waals surface area contributed by atoms with Gasteiger partial charge in [0.2, 0.25) is 0 Å². The van der Waals surface area contributed by atoms with Gasteiger partial charge in [-0.2, -0.15) is 0 Å². The Morgan fingerprint density at radius 2 is 1.83 bits per heavy atom. The van der Waals surface area contributed by atoms with Crippen LogP contribution in [0.25, 0.3) is 0 Å². The Hall–Kier alpha value is -1.53. The normalized spacial score (nSPS) is 15.8. The summed E-state index contributed by atoms with van der Waals surface area (Å²) in [5.41, 5.74) is 2.58. The summed E-state index contributed by atoms with van der Waals surface area (Å²) in [6.45, 7) is 12.9. The van der Waals surface area contributed by atoms with Crippen LogP contribution in [0.4, 0.5) is 0 Å². The first-order valence-corrected chi connectivity index (χ1v) is 11.5. The minimum absolute atomic E-state index is 0.729. The fraction of sp³-hybridized carbons (Fsp3) is 0.696. The van der Waals surface area contributed by atoms with Crippen molar-refractivity contribution in [1.82, 2.24) is 10.2 Å². The third-order valence-corrected chi connectivity index (χ3v) is 6.53. The summed E-state index contributed by atoms with van der Waals surface area (Å²) in [6, 6.07) is 4.20. The van der Waals surface area contributed by atoms with Gasteiger partial charge in [0.1, 0.15) is 6.54 Å². The van der Waals surface area contributed by atoms with Gasteiger partial charge in [0.15, 0.2) is 16.6 Å². The standard InChI is InChI=1S/C23H39N3O2S/c1-6-8-9-19(7-2)16-24-23(29)26-12-10-25(11-13-26)17-20-15-22(28-5)21(27-4)14-18(20)3/h14-15,19H,6-13,16-17H2,1-5H3,(H,24,29)/p+1/t19-/m1/s1. The molecule has 0 saturated carbocycles. The molecule has 0 bridgehead atoms. The number of benzene rings is 1. The van der Waals surface area contributed by atoms with Gasteiger partial charge in [0.05, 0.1) is 40.4 Å². The van der Waals surface area contributed by atoms with Crippen molar-refractivity contribution >= 4 is 17.3 Å². The van der Waals surface area contributed by atoms with Crippen molar-refractivity contribution in [3.05, 3.63) is 23.3 Å². The molecule has 0 aliphatic carbocycles. The van der Waals surface area contributed by atoms with Crippen LogP contribution < -0.4 is 19.7 Å². The van der Waals surface area contributed by atoms with E-state index >= 15 is 0 Å². The molecule has 1 fully saturated rings. The fourth-order valence-corrected chi connectivity index (χ4v) is 4.24. The zero-order chi connectivity index (χ0) is 21.2. The van der Waals surface area contributed by atoms with E-state index in [1.165, 1.54) is 36.8 Å². The monoisotopic (exact) mass is 422 g/mol. The zero-order valence-electron chi connectivity index (χ0n) is 19.0. The molecule has 0 aromatic heterocycles. The minimum Gasteiger partial charge on any atom is -0.493 e. The Morgan fingerprint density at radius 1 is 1.17 bits per heavy atom. The maximum Gasteiger partial charge on any atom is 0.169 e. The van der Waals surface area contributed by atoms with E-state index in [0.29, 0.717) is 0 Å². The summed E-state index contributed by atoms with van der Waals surface area (Å²) < 4.78 is 10.9. The number of ether oxygens (including phenoxy) is 2. The van der Waals surface area contributed by atoms with E-state index < -0.39 is 0 Å². The second kappa shape index (κ2) is 12.2. The molecule has 1 aliphatic heterocycles. The van der Waals surface area contributed by atoms with Gasteiger partial charge in [-0.05, 0) is 49.2 Å². The van der Waals surface area contributed by atoms with Crippen LogP contribution >= 0.6 is 12.2 Å². The van der Waals surface area contributed by atoms with E-state index in [4.69, 9.17) is 21.7 Å². The third kappa shape index (κ3) is 7.03. The number of hydrogen-bond acceptors (Lipinski definition) is 3. The summed E-state index contributed by atoms with van der Waals surface area (Å²) in [4.78, 5) is 3.93. The lowest BCUT2D eigenvalue weighted by molar-refractivity contribution is -0.917. The van der Waals surface area contributed by atoms with E-state index in [1.54, 1.807) is 19.1 Å². The molecule has 1 aromatic carbocycles. The lowest BCUT2D eigenvalue weighted by Crippen LogP contribution is -3.13. The smallest absolute Gasteiger partial charge is 0.169 e. The van der Waals surface area contributed by atoms with Crippen molar-refractivity contribution in [3.8, 4) is 11.5 Å². The van der Waals surface area contributed by atoms with Crippen LogP contribution in [-0.2, 0) is 6.54 Å². The first kappa shape index (κ1) is 23.7. The SMILES string of the molecule is CCCC[C@@H](CC)CNC(=S)N1CC[NH+](Cc2cc(OC)c(OC)cc2C)CC1. The molecule has 1 heterocycles. The Bertz CT molecular complexity index is 645. The average Bonchev–Trinajstić information content (AvgIpc) is 2.75. The number of quaternary nitrogens is 1. The van der Waals surface area contributed by atoms with Gasteiger partial charge < -0.3 is 24.6 Å². The van der Waals surface area contributed by atoms with Crippen molar-refractivity contribution in [2.45, 2.75) is 53.0 Å². The van der Waals surface area contributed by atoms with Gasteiger partial charge in [-0.25, -0.2) is 0 Å². The van der Waals surface area contributed by atoms with Crippen LogP contribution in [0.3, 0.4) is 0 Å². The van der Waals surface area contributed by atoms with Crippen molar-refractivity contribution in [2.75, 3.05) is 46.9 Å². The molecule has 29 heavy (non-hydrogen) atoms. The second-order valence-corrected chi connectivity index (χ2v) is 8.54. The summed E-state index contributed by atoms with van der Waals surface area (Å²) in [7, 11) is 3.38. The van der Waals surface area contributed by atoms with Crippen LogP contribution in [0.1, 0.15) is 50.7 Å². The summed E-state index contributed by atoms with van der Waals surface area (Å²) >= 11 is 5.68. The maximum absolute atomic E-state index is 5.68. The van der Waals surface area contributed by atoms with Crippen molar-refractivity contribution in [1.29, 1.82) is 0 Å². The van der Waals surface area contributed by atoms with Gasteiger partial charge >= 0.3 is 0 Å². The average molecular weight is 423 g/mol. The van der Waals surface area contributed by atoms with Crippen LogP contribution in [0.2, 0.25) is 0 Å². The zero-order valence-corrected chi connectivity index (χ0v) is 19.8. The highest BCUT2D eigenvalue weighted by Crippen LogP contribution is 2.29. The molecule has 1 aliphatic rings. The number of nitrogens with one attached hydrogen (secondary N) is 2. The van der Waals surface area contributed by atoms with Crippen molar-refractivity contribution in [2.24, 2.45) is 5.92 Å². The molecule has 0 radical (unpaired) electrons. The molecule has 6 heteroatoms. The van der Waals surface area contributed by atoms with Crippen molar-refractivity contribution in [3.63, 3.8) is 0 Å². The second-order valence-electron chi connectivity index (χ2n) is 8.15. The highest BCUT2D eigenvalue weighted by atomic mass is 32.1. The third-order valence-electron chi connectivity index (χ3n) is 6.13. The molecule has 0 spiro atoms. The molecule has 0 unspecified atom stereocenters. The fourth-order valence-electron chi connectivity index (χ4n) is 3.97. The largest absolute Gasteiger partial charge is 0.493 e. The first-order chi connectivity index (χ1) is 14.0. The molecule has 0 amide bonds. The predicted molar refractivity (Wildman–Crippen MR) is 124 cm³/mol. The maximum atomic E-state index is 5.68. The van der Waals surface area contributed by atoms with Crippen molar-refractivity contribution < 1.29 is 14.4 Å². The Morgan fingerprint density at radius 3 is 2.41 bits per heavy atom. The van der Waals surface area contributed by atoms with E-state index in [0.717, 1.165) is 61.8 Å². The summed E-state index contributed by atoms with van der Waals surface area (Å²) in [6.07, 6.45) is 5.10. The number of piperazine rings is 1. The van der Waals surface area contributed by atoms with E-state index in [1.807, 2.05) is 0 Å². The highest BCUT2D eigenvalue weighted by Gasteiger charge is 2.23. The Labute approximate surface area is 182 Å². The van der Waals surface area contributed by atoms with Crippen LogP contribution in [0, 0.1) is 12.8 Å². The molecule has 164 valence electrons. The lowest BCUT2D eigenvalue weighted by Gasteiger charge is -2.34. The molecule has 5 nitrogen and oxygen atoms in total. The Balaban J connectivity index is 1.82. The number of thiocarbonyl (C=S) groups is 1. The van der Waals surface area contributed by atoms with Gasteiger partial charge in [0.25, 0.3) is 0 Å². The van der Waals surface area contributed by atoms with E-state index in [9.17, 15) is 0 Å².